The Balaban J connectivity index is 3.15. The van der Waals surface area contributed by atoms with Gasteiger partial charge in [0.2, 0.25) is 0 Å². The SMILES string of the molecule is CNC(C)c1ccc(Br)cc1N(CCOC)C(C)C. The topological polar surface area (TPSA) is 24.5 Å². The molecule has 1 aromatic rings. The van der Waals surface area contributed by atoms with Crippen molar-refractivity contribution in [3.05, 3.63) is 28.2 Å². The molecular weight excluding hydrogens is 304 g/mol. The van der Waals surface area contributed by atoms with Gasteiger partial charge in [-0.1, -0.05) is 22.0 Å². The number of rotatable bonds is 7. The molecule has 19 heavy (non-hydrogen) atoms. The van der Waals surface area contributed by atoms with E-state index in [9.17, 15) is 0 Å². The average Bonchev–Trinajstić information content (AvgIpc) is 2.38. The van der Waals surface area contributed by atoms with E-state index in [0.29, 0.717) is 12.1 Å². The van der Waals surface area contributed by atoms with Gasteiger partial charge in [0.1, 0.15) is 0 Å². The van der Waals surface area contributed by atoms with Crippen LogP contribution < -0.4 is 10.2 Å². The lowest BCUT2D eigenvalue weighted by molar-refractivity contribution is 0.203. The number of anilines is 1. The van der Waals surface area contributed by atoms with Crippen molar-refractivity contribution in [2.75, 3.05) is 32.2 Å². The summed E-state index contributed by atoms with van der Waals surface area (Å²) in [5.41, 5.74) is 2.58. The number of nitrogens with one attached hydrogen (secondary N) is 1. The molecule has 4 heteroatoms. The Hall–Kier alpha value is -0.580. The van der Waals surface area contributed by atoms with Crippen molar-refractivity contribution in [3.8, 4) is 0 Å². The van der Waals surface area contributed by atoms with Crippen molar-refractivity contribution in [2.24, 2.45) is 0 Å². The maximum Gasteiger partial charge on any atom is 0.0637 e. The first-order chi connectivity index (χ1) is 9.01. The van der Waals surface area contributed by atoms with Crippen LogP contribution in [0.25, 0.3) is 0 Å². The van der Waals surface area contributed by atoms with Gasteiger partial charge in [-0.3, -0.25) is 0 Å². The fraction of sp³-hybridized carbons (Fsp3) is 0.600. The summed E-state index contributed by atoms with van der Waals surface area (Å²) < 4.78 is 6.34. The molecule has 1 N–H and O–H groups in total. The molecule has 108 valence electrons. The van der Waals surface area contributed by atoms with E-state index in [1.807, 2.05) is 7.05 Å². The highest BCUT2D eigenvalue weighted by atomic mass is 79.9. The molecule has 0 saturated carbocycles. The van der Waals surface area contributed by atoms with Gasteiger partial charge in [-0.25, -0.2) is 0 Å². The highest BCUT2D eigenvalue weighted by molar-refractivity contribution is 9.10. The number of methoxy groups -OCH3 is 1. The van der Waals surface area contributed by atoms with Gasteiger partial charge < -0.3 is 15.0 Å². The summed E-state index contributed by atoms with van der Waals surface area (Å²) in [6, 6.07) is 7.24. The molecule has 3 nitrogen and oxygen atoms in total. The summed E-state index contributed by atoms with van der Waals surface area (Å²) in [7, 11) is 3.74. The lowest BCUT2D eigenvalue weighted by Crippen LogP contribution is -2.35. The molecule has 0 heterocycles. The predicted molar refractivity (Wildman–Crippen MR) is 86.0 cm³/mol. The number of hydrogen-bond acceptors (Lipinski definition) is 3. The predicted octanol–water partition coefficient (Wildman–Crippen LogP) is 3.59. The molecule has 0 aliphatic carbocycles. The van der Waals surface area contributed by atoms with Crippen LogP contribution in [0.5, 0.6) is 0 Å². The van der Waals surface area contributed by atoms with Crippen LogP contribution in [-0.4, -0.2) is 33.4 Å². The summed E-state index contributed by atoms with van der Waals surface area (Å²) in [6.07, 6.45) is 0. The summed E-state index contributed by atoms with van der Waals surface area (Å²) in [4.78, 5) is 2.39. The average molecular weight is 329 g/mol. The molecule has 0 amide bonds. The van der Waals surface area contributed by atoms with E-state index >= 15 is 0 Å². The van der Waals surface area contributed by atoms with Crippen LogP contribution in [0.1, 0.15) is 32.4 Å². The Kier molecular flexibility index (Phi) is 6.83. The maximum absolute atomic E-state index is 5.23. The molecule has 0 fully saturated rings. The Bertz CT molecular complexity index is 396. The van der Waals surface area contributed by atoms with E-state index in [4.69, 9.17) is 4.74 Å². The van der Waals surface area contributed by atoms with Crippen molar-refractivity contribution >= 4 is 21.6 Å². The second-order valence-electron chi connectivity index (χ2n) is 4.99. The molecule has 0 aliphatic rings. The Labute approximate surface area is 125 Å². The van der Waals surface area contributed by atoms with E-state index < -0.39 is 0 Å². The summed E-state index contributed by atoms with van der Waals surface area (Å²) in [5.74, 6) is 0. The van der Waals surface area contributed by atoms with Gasteiger partial charge in [-0.05, 0) is 45.5 Å². The van der Waals surface area contributed by atoms with E-state index in [1.54, 1.807) is 7.11 Å². The smallest absolute Gasteiger partial charge is 0.0637 e. The standard InChI is InChI=1S/C15H25BrN2O/c1-11(2)18(8-9-19-5)15-10-13(16)6-7-14(15)12(3)17-4/h6-7,10-12,17H,8-9H2,1-5H3. The number of nitrogens with zero attached hydrogens (tertiary/aromatic N) is 1. The quantitative estimate of drug-likeness (QED) is 0.827. The first-order valence-corrected chi connectivity index (χ1v) is 7.52. The van der Waals surface area contributed by atoms with Gasteiger partial charge in [0.25, 0.3) is 0 Å². The minimum Gasteiger partial charge on any atom is -0.383 e. The molecule has 1 rings (SSSR count). The van der Waals surface area contributed by atoms with Gasteiger partial charge in [0.15, 0.2) is 0 Å². The second-order valence-corrected chi connectivity index (χ2v) is 5.91. The lowest BCUT2D eigenvalue weighted by Gasteiger charge is -2.32. The lowest BCUT2D eigenvalue weighted by atomic mass is 10.0. The number of halogens is 1. The van der Waals surface area contributed by atoms with Crippen LogP contribution in [-0.2, 0) is 4.74 Å². The molecule has 0 saturated heterocycles. The van der Waals surface area contributed by atoms with E-state index in [-0.39, 0.29) is 0 Å². The zero-order valence-electron chi connectivity index (χ0n) is 12.5. The van der Waals surface area contributed by atoms with Crippen molar-refractivity contribution in [3.63, 3.8) is 0 Å². The molecule has 0 radical (unpaired) electrons. The molecular formula is C15H25BrN2O. The minimum atomic E-state index is 0.326. The molecule has 0 aliphatic heterocycles. The molecule has 1 aromatic carbocycles. The van der Waals surface area contributed by atoms with Crippen LogP contribution in [0.4, 0.5) is 5.69 Å². The normalized spacial score (nSPS) is 12.8. The second kappa shape index (κ2) is 7.88. The Morgan fingerprint density at radius 2 is 2.00 bits per heavy atom. The summed E-state index contributed by atoms with van der Waals surface area (Å²) in [5, 5.41) is 3.32. The van der Waals surface area contributed by atoms with Gasteiger partial charge in [-0.2, -0.15) is 0 Å². The van der Waals surface area contributed by atoms with Crippen LogP contribution in [0, 0.1) is 0 Å². The molecule has 1 unspecified atom stereocenters. The Morgan fingerprint density at radius 3 is 2.53 bits per heavy atom. The zero-order valence-corrected chi connectivity index (χ0v) is 14.1. The number of ether oxygens (including phenoxy) is 1. The van der Waals surface area contributed by atoms with Crippen molar-refractivity contribution in [1.29, 1.82) is 0 Å². The highest BCUT2D eigenvalue weighted by Crippen LogP contribution is 2.30. The highest BCUT2D eigenvalue weighted by Gasteiger charge is 2.17. The van der Waals surface area contributed by atoms with E-state index in [2.05, 4.69) is 65.1 Å². The van der Waals surface area contributed by atoms with Gasteiger partial charge in [-0.15, -0.1) is 0 Å². The van der Waals surface area contributed by atoms with E-state index in [0.717, 1.165) is 17.6 Å². The van der Waals surface area contributed by atoms with Crippen LogP contribution in [0.15, 0.2) is 22.7 Å². The molecule has 1 atom stereocenters. The molecule has 0 aromatic heterocycles. The summed E-state index contributed by atoms with van der Waals surface area (Å²) >= 11 is 3.57. The fourth-order valence-electron chi connectivity index (χ4n) is 2.13. The third-order valence-corrected chi connectivity index (χ3v) is 3.85. The molecule has 0 spiro atoms. The van der Waals surface area contributed by atoms with Crippen molar-refractivity contribution < 1.29 is 4.74 Å². The number of hydrogen-bond donors (Lipinski definition) is 1. The van der Waals surface area contributed by atoms with Gasteiger partial charge in [0, 0.05) is 35.9 Å². The zero-order chi connectivity index (χ0) is 14.4. The van der Waals surface area contributed by atoms with Gasteiger partial charge >= 0.3 is 0 Å². The number of benzene rings is 1. The monoisotopic (exact) mass is 328 g/mol. The van der Waals surface area contributed by atoms with Gasteiger partial charge in [0.05, 0.1) is 6.61 Å². The van der Waals surface area contributed by atoms with Crippen LogP contribution in [0.2, 0.25) is 0 Å². The maximum atomic E-state index is 5.23. The first kappa shape index (κ1) is 16.5. The summed E-state index contributed by atoms with van der Waals surface area (Å²) in [6.45, 7) is 8.24. The van der Waals surface area contributed by atoms with Crippen molar-refractivity contribution in [1.82, 2.24) is 5.32 Å². The largest absolute Gasteiger partial charge is 0.383 e. The van der Waals surface area contributed by atoms with Crippen LogP contribution >= 0.6 is 15.9 Å². The van der Waals surface area contributed by atoms with Crippen molar-refractivity contribution in [2.45, 2.75) is 32.9 Å². The minimum absolute atomic E-state index is 0.326. The van der Waals surface area contributed by atoms with E-state index in [1.165, 1.54) is 11.3 Å². The first-order valence-electron chi connectivity index (χ1n) is 6.73. The molecule has 0 bridgehead atoms. The third kappa shape index (κ3) is 4.48. The third-order valence-electron chi connectivity index (χ3n) is 3.36. The van der Waals surface area contributed by atoms with Crippen LogP contribution in [0.3, 0.4) is 0 Å². The Morgan fingerprint density at radius 1 is 1.32 bits per heavy atom. The fourth-order valence-corrected chi connectivity index (χ4v) is 2.48.